The lowest BCUT2D eigenvalue weighted by Gasteiger charge is -2.29. The van der Waals surface area contributed by atoms with Crippen LogP contribution in [0.4, 0.5) is 5.69 Å². The summed E-state index contributed by atoms with van der Waals surface area (Å²) in [7, 11) is 1.71. The zero-order chi connectivity index (χ0) is 23.9. The van der Waals surface area contributed by atoms with E-state index in [0.29, 0.717) is 5.75 Å². The number of anilines is 1. The maximum Gasteiger partial charge on any atom is 0.123 e. The summed E-state index contributed by atoms with van der Waals surface area (Å²) in [6.45, 7) is 8.01. The van der Waals surface area contributed by atoms with Crippen LogP contribution in [0, 0.1) is 0 Å². The van der Waals surface area contributed by atoms with Crippen molar-refractivity contribution in [3.8, 4) is 22.6 Å². The lowest BCUT2D eigenvalue weighted by atomic mass is 9.84. The number of fused-ring (bicyclic) bond motifs is 1. The minimum Gasteiger partial charge on any atom is -0.507 e. The molecule has 0 radical (unpaired) electrons. The van der Waals surface area contributed by atoms with Crippen LogP contribution >= 0.6 is 0 Å². The van der Waals surface area contributed by atoms with Crippen molar-refractivity contribution < 1.29 is 9.84 Å². The summed E-state index contributed by atoms with van der Waals surface area (Å²) in [6.07, 6.45) is 5.55. The van der Waals surface area contributed by atoms with Gasteiger partial charge in [0.1, 0.15) is 11.5 Å². The van der Waals surface area contributed by atoms with E-state index in [1.54, 1.807) is 7.11 Å². The summed E-state index contributed by atoms with van der Waals surface area (Å²) in [5.41, 5.74) is 8.49. The minimum atomic E-state index is 0.369. The number of ether oxygens (including phenoxy) is 1. The van der Waals surface area contributed by atoms with Gasteiger partial charge in [0.25, 0.3) is 0 Å². The molecule has 0 saturated carbocycles. The van der Waals surface area contributed by atoms with Gasteiger partial charge in [0.15, 0.2) is 0 Å². The Balaban J connectivity index is 1.68. The molecular formula is C30H38N2O2. The number of aromatic hydroxyl groups is 1. The van der Waals surface area contributed by atoms with Gasteiger partial charge >= 0.3 is 0 Å². The fourth-order valence-corrected chi connectivity index (χ4v) is 5.04. The van der Waals surface area contributed by atoms with Crippen molar-refractivity contribution in [2.75, 3.05) is 31.6 Å². The largest absolute Gasteiger partial charge is 0.507 e. The normalized spacial score (nSPS) is 12.9. The highest BCUT2D eigenvalue weighted by Crippen LogP contribution is 2.43. The third-order valence-electron chi connectivity index (χ3n) is 6.94. The highest BCUT2D eigenvalue weighted by Gasteiger charge is 2.22. The molecule has 3 aromatic rings. The van der Waals surface area contributed by atoms with Crippen molar-refractivity contribution in [1.82, 2.24) is 5.32 Å². The van der Waals surface area contributed by atoms with E-state index < -0.39 is 0 Å². The Kier molecular flexibility index (Phi) is 8.12. The van der Waals surface area contributed by atoms with E-state index in [4.69, 9.17) is 4.74 Å². The fourth-order valence-electron chi connectivity index (χ4n) is 5.04. The van der Waals surface area contributed by atoms with Crippen LogP contribution in [0.1, 0.15) is 48.9 Å². The van der Waals surface area contributed by atoms with Crippen LogP contribution in [-0.2, 0) is 25.8 Å². The van der Waals surface area contributed by atoms with Crippen molar-refractivity contribution in [3.05, 3.63) is 76.9 Å². The second-order valence-electron chi connectivity index (χ2n) is 9.12. The number of aryl methyl sites for hydroxylation is 1. The summed E-state index contributed by atoms with van der Waals surface area (Å²) in [5, 5.41) is 14.4. The molecule has 0 atom stereocenters. The van der Waals surface area contributed by atoms with Gasteiger partial charge in [-0.15, -0.1) is 0 Å². The second kappa shape index (κ2) is 11.4. The first-order chi connectivity index (χ1) is 16.6. The highest BCUT2D eigenvalue weighted by atomic mass is 16.5. The molecular weight excluding hydrogens is 420 g/mol. The third kappa shape index (κ3) is 5.39. The number of phenolic OH excluding ortho intramolecular Hbond substituents is 1. The lowest BCUT2D eigenvalue weighted by molar-refractivity contribution is 0.415. The van der Waals surface area contributed by atoms with Gasteiger partial charge in [0.05, 0.1) is 7.11 Å². The summed E-state index contributed by atoms with van der Waals surface area (Å²) in [5.74, 6) is 1.20. The first-order valence-corrected chi connectivity index (χ1v) is 12.7. The molecule has 180 valence electrons. The van der Waals surface area contributed by atoms with Gasteiger partial charge in [-0.3, -0.25) is 0 Å². The number of nitrogens with one attached hydrogen (secondary N) is 1. The first-order valence-electron chi connectivity index (χ1n) is 12.7. The predicted molar refractivity (Wildman–Crippen MR) is 142 cm³/mol. The molecule has 0 fully saturated rings. The van der Waals surface area contributed by atoms with Gasteiger partial charge in [-0.05, 0) is 92.6 Å². The summed E-state index contributed by atoms with van der Waals surface area (Å²) < 4.78 is 5.60. The molecule has 4 nitrogen and oxygen atoms in total. The van der Waals surface area contributed by atoms with E-state index in [0.717, 1.165) is 68.0 Å². The van der Waals surface area contributed by atoms with Crippen LogP contribution in [0.15, 0.2) is 54.6 Å². The van der Waals surface area contributed by atoms with E-state index >= 15 is 0 Å². The Morgan fingerprint density at radius 2 is 1.71 bits per heavy atom. The van der Waals surface area contributed by atoms with Crippen molar-refractivity contribution >= 4 is 5.69 Å². The Morgan fingerprint density at radius 1 is 0.941 bits per heavy atom. The molecule has 0 heterocycles. The number of likely N-dealkylation sites (N-methyl/N-ethyl adjacent to an activating group) is 1. The smallest absolute Gasteiger partial charge is 0.123 e. The molecule has 0 amide bonds. The topological polar surface area (TPSA) is 44.7 Å². The molecule has 0 unspecified atom stereocenters. The monoisotopic (exact) mass is 458 g/mol. The number of methoxy groups -OCH3 is 1. The molecule has 3 aromatic carbocycles. The highest BCUT2D eigenvalue weighted by molar-refractivity contribution is 5.86. The van der Waals surface area contributed by atoms with Crippen LogP contribution in [0.3, 0.4) is 0 Å². The summed E-state index contributed by atoms with van der Waals surface area (Å²) >= 11 is 0. The molecule has 34 heavy (non-hydrogen) atoms. The van der Waals surface area contributed by atoms with Crippen LogP contribution in [0.25, 0.3) is 11.1 Å². The van der Waals surface area contributed by atoms with E-state index in [1.807, 2.05) is 12.1 Å². The van der Waals surface area contributed by atoms with Gasteiger partial charge < -0.3 is 20.1 Å². The molecule has 0 spiro atoms. The molecule has 0 aromatic heterocycles. The zero-order valence-electron chi connectivity index (χ0n) is 20.9. The van der Waals surface area contributed by atoms with Crippen molar-refractivity contribution in [3.63, 3.8) is 0 Å². The first kappa shape index (κ1) is 24.2. The third-order valence-corrected chi connectivity index (χ3v) is 6.94. The SMILES string of the molecule is CCNCCc1ccc(CN(CC)c2cc(OC)ccc2-c2c(O)ccc3c2CCCC3)cc1. The number of hydrogen-bond acceptors (Lipinski definition) is 4. The Morgan fingerprint density at radius 3 is 2.44 bits per heavy atom. The van der Waals surface area contributed by atoms with E-state index in [2.05, 4.69) is 66.5 Å². The Labute approximate surface area is 204 Å². The van der Waals surface area contributed by atoms with E-state index in [-0.39, 0.29) is 0 Å². The van der Waals surface area contributed by atoms with E-state index in [1.165, 1.54) is 35.1 Å². The number of nitrogens with zero attached hydrogens (tertiary/aromatic N) is 1. The van der Waals surface area contributed by atoms with E-state index in [9.17, 15) is 5.11 Å². The number of benzene rings is 3. The Hall–Kier alpha value is -2.98. The lowest BCUT2D eigenvalue weighted by Crippen LogP contribution is -2.23. The van der Waals surface area contributed by atoms with Gasteiger partial charge in [0, 0.05) is 36.0 Å². The summed E-state index contributed by atoms with van der Waals surface area (Å²) in [6, 6.07) is 19.2. The standard InChI is InChI=1S/C30H38N2O2/c1-4-31-19-18-22-10-12-23(13-11-22)21-32(5-2)28-20-25(34-3)15-16-27(28)30-26-9-7-6-8-24(26)14-17-29(30)33/h10-17,20,31,33H,4-9,18-19,21H2,1-3H3. The molecule has 1 aliphatic carbocycles. The number of phenols is 1. The minimum absolute atomic E-state index is 0.369. The fraction of sp³-hybridized carbons (Fsp3) is 0.400. The van der Waals surface area contributed by atoms with Gasteiger partial charge in [0.2, 0.25) is 0 Å². The van der Waals surface area contributed by atoms with Crippen molar-refractivity contribution in [2.24, 2.45) is 0 Å². The van der Waals surface area contributed by atoms with Crippen LogP contribution in [0.5, 0.6) is 11.5 Å². The number of rotatable bonds is 10. The molecule has 0 bridgehead atoms. The van der Waals surface area contributed by atoms with Gasteiger partial charge in [-0.25, -0.2) is 0 Å². The van der Waals surface area contributed by atoms with Gasteiger partial charge in [-0.2, -0.15) is 0 Å². The maximum atomic E-state index is 11.0. The Bertz CT molecular complexity index is 1090. The second-order valence-corrected chi connectivity index (χ2v) is 9.12. The maximum absolute atomic E-state index is 11.0. The number of hydrogen-bond donors (Lipinski definition) is 2. The molecule has 4 heteroatoms. The van der Waals surface area contributed by atoms with Crippen molar-refractivity contribution in [1.29, 1.82) is 0 Å². The van der Waals surface area contributed by atoms with Crippen LogP contribution < -0.4 is 15.0 Å². The van der Waals surface area contributed by atoms with Crippen LogP contribution in [0.2, 0.25) is 0 Å². The average Bonchev–Trinajstić information content (AvgIpc) is 2.88. The zero-order valence-corrected chi connectivity index (χ0v) is 20.9. The predicted octanol–water partition coefficient (Wildman–Crippen LogP) is 6.13. The molecule has 2 N–H and O–H groups in total. The van der Waals surface area contributed by atoms with Crippen molar-refractivity contribution in [2.45, 2.75) is 52.5 Å². The summed E-state index contributed by atoms with van der Waals surface area (Å²) in [4.78, 5) is 2.38. The molecule has 1 aliphatic rings. The molecule has 0 saturated heterocycles. The molecule has 4 rings (SSSR count). The van der Waals surface area contributed by atoms with Gasteiger partial charge in [-0.1, -0.05) is 37.3 Å². The molecule has 0 aliphatic heterocycles. The quantitative estimate of drug-likeness (QED) is 0.359. The average molecular weight is 459 g/mol. The van der Waals surface area contributed by atoms with Crippen LogP contribution in [-0.4, -0.2) is 31.9 Å².